The number of halogens is 3. The topological polar surface area (TPSA) is 55.1 Å². The molecular formula is C9H11F3N2OS. The maximum absolute atomic E-state index is 12.6. The molecule has 0 aliphatic heterocycles. The fraction of sp³-hybridized carbons (Fsp3) is 0.778. The summed E-state index contributed by atoms with van der Waals surface area (Å²) in [6, 6.07) is 0. The highest BCUT2D eigenvalue weighted by atomic mass is 32.1. The van der Waals surface area contributed by atoms with Gasteiger partial charge >= 0.3 is 6.18 Å². The van der Waals surface area contributed by atoms with E-state index in [1.807, 2.05) is 0 Å². The summed E-state index contributed by atoms with van der Waals surface area (Å²) in [6.07, 6.45) is -3.62. The second-order valence-electron chi connectivity index (χ2n) is 4.48. The molecule has 0 spiro atoms. The van der Waals surface area contributed by atoms with Crippen LogP contribution in [0.4, 0.5) is 13.2 Å². The third-order valence-corrected chi connectivity index (χ3v) is 3.69. The Labute approximate surface area is 95.6 Å². The van der Waals surface area contributed by atoms with Gasteiger partial charge in [-0.25, -0.2) is 0 Å². The average Bonchev–Trinajstić information content (AvgIpc) is 2.97. The van der Waals surface area contributed by atoms with Crippen LogP contribution in [0.1, 0.15) is 25.7 Å². The summed E-state index contributed by atoms with van der Waals surface area (Å²) in [7, 11) is 0. The van der Waals surface area contributed by atoms with Crippen molar-refractivity contribution >= 4 is 23.1 Å². The Morgan fingerprint density at radius 3 is 2.00 bits per heavy atom. The lowest BCUT2D eigenvalue weighted by Gasteiger charge is -2.23. The molecule has 7 heteroatoms. The summed E-state index contributed by atoms with van der Waals surface area (Å²) < 4.78 is 37.8. The minimum Gasteiger partial charge on any atom is -0.392 e. The quantitative estimate of drug-likeness (QED) is 0.744. The van der Waals surface area contributed by atoms with Crippen LogP contribution in [0.3, 0.4) is 0 Å². The van der Waals surface area contributed by atoms with Crippen LogP contribution in [0.15, 0.2) is 0 Å². The molecule has 2 fully saturated rings. The molecule has 0 aromatic heterocycles. The van der Waals surface area contributed by atoms with Gasteiger partial charge in [0, 0.05) is 0 Å². The molecule has 0 aromatic carbocycles. The van der Waals surface area contributed by atoms with E-state index in [-0.39, 0.29) is 17.8 Å². The Morgan fingerprint density at radius 1 is 1.25 bits per heavy atom. The van der Waals surface area contributed by atoms with E-state index in [0.717, 1.165) is 0 Å². The van der Waals surface area contributed by atoms with Crippen molar-refractivity contribution in [2.45, 2.75) is 37.4 Å². The van der Waals surface area contributed by atoms with Gasteiger partial charge in [0.15, 0.2) is 0 Å². The zero-order chi connectivity index (χ0) is 12.2. The molecule has 16 heavy (non-hydrogen) atoms. The monoisotopic (exact) mass is 252 g/mol. The molecule has 0 atom stereocenters. The Bertz CT molecular complexity index is 358. The zero-order valence-electron chi connectivity index (χ0n) is 8.36. The smallest absolute Gasteiger partial charge is 0.392 e. The van der Waals surface area contributed by atoms with Gasteiger partial charge in [-0.05, 0) is 25.7 Å². The van der Waals surface area contributed by atoms with Crippen LogP contribution in [-0.2, 0) is 4.79 Å². The lowest BCUT2D eigenvalue weighted by atomic mass is 10.1. The third kappa shape index (κ3) is 1.57. The van der Waals surface area contributed by atoms with Gasteiger partial charge in [-0.2, -0.15) is 13.2 Å². The lowest BCUT2D eigenvalue weighted by molar-refractivity contribution is -0.171. The predicted molar refractivity (Wildman–Crippen MR) is 54.6 cm³/mol. The summed E-state index contributed by atoms with van der Waals surface area (Å²) >= 11 is 4.71. The highest BCUT2D eigenvalue weighted by molar-refractivity contribution is 7.80. The molecular weight excluding hydrogens is 241 g/mol. The van der Waals surface area contributed by atoms with Crippen molar-refractivity contribution in [3.63, 3.8) is 0 Å². The summed E-state index contributed by atoms with van der Waals surface area (Å²) in [5.41, 5.74) is 2.33. The Kier molecular flexibility index (Phi) is 2.24. The van der Waals surface area contributed by atoms with Crippen LogP contribution < -0.4 is 11.1 Å². The number of rotatable bonds is 3. The van der Waals surface area contributed by atoms with Crippen LogP contribution in [-0.4, -0.2) is 22.6 Å². The van der Waals surface area contributed by atoms with E-state index < -0.39 is 23.0 Å². The van der Waals surface area contributed by atoms with Gasteiger partial charge in [0.2, 0.25) is 5.91 Å². The standard InChI is InChI=1S/C9H11F3N2OS/c10-9(11,12)8(3-4-8)14-6(15)7(1-2-7)5(13)16/h1-4H2,(H2,13,16)(H,14,15). The highest BCUT2D eigenvalue weighted by Crippen LogP contribution is 2.52. The fourth-order valence-corrected chi connectivity index (χ4v) is 1.95. The summed E-state index contributed by atoms with van der Waals surface area (Å²) in [5.74, 6) is -0.671. The van der Waals surface area contributed by atoms with E-state index in [0.29, 0.717) is 12.8 Å². The molecule has 2 rings (SSSR count). The summed E-state index contributed by atoms with van der Waals surface area (Å²) in [4.78, 5) is 11.7. The first kappa shape index (κ1) is 11.6. The highest BCUT2D eigenvalue weighted by Gasteiger charge is 2.66. The molecule has 2 aliphatic rings. The van der Waals surface area contributed by atoms with Crippen molar-refractivity contribution in [2.24, 2.45) is 11.1 Å². The normalized spacial score (nSPS) is 24.7. The van der Waals surface area contributed by atoms with Crippen LogP contribution >= 0.6 is 12.2 Å². The molecule has 0 heterocycles. The lowest BCUT2D eigenvalue weighted by Crippen LogP contribution is -2.52. The molecule has 0 bridgehead atoms. The maximum Gasteiger partial charge on any atom is 0.411 e. The van der Waals surface area contributed by atoms with Crippen molar-refractivity contribution in [3.8, 4) is 0 Å². The Morgan fingerprint density at radius 2 is 1.75 bits per heavy atom. The van der Waals surface area contributed by atoms with Gasteiger partial charge in [-0.1, -0.05) is 12.2 Å². The van der Waals surface area contributed by atoms with Crippen molar-refractivity contribution in [1.82, 2.24) is 5.32 Å². The Balaban J connectivity index is 2.07. The molecule has 1 amide bonds. The van der Waals surface area contributed by atoms with Gasteiger partial charge in [0.25, 0.3) is 0 Å². The number of hydrogen-bond donors (Lipinski definition) is 2. The molecule has 2 saturated carbocycles. The second kappa shape index (κ2) is 3.09. The van der Waals surface area contributed by atoms with Crippen molar-refractivity contribution in [2.75, 3.05) is 0 Å². The van der Waals surface area contributed by atoms with E-state index in [1.165, 1.54) is 0 Å². The average molecular weight is 252 g/mol. The van der Waals surface area contributed by atoms with E-state index in [4.69, 9.17) is 18.0 Å². The molecule has 0 aromatic rings. The first-order valence-electron chi connectivity index (χ1n) is 4.93. The number of thiocarbonyl (C=S) groups is 1. The number of alkyl halides is 3. The first-order chi connectivity index (χ1) is 7.24. The van der Waals surface area contributed by atoms with E-state index in [9.17, 15) is 18.0 Å². The van der Waals surface area contributed by atoms with Crippen LogP contribution in [0.25, 0.3) is 0 Å². The van der Waals surface area contributed by atoms with Gasteiger partial charge in [0.05, 0.1) is 10.4 Å². The maximum atomic E-state index is 12.6. The summed E-state index contributed by atoms with van der Waals surface area (Å²) in [6.45, 7) is 0. The van der Waals surface area contributed by atoms with E-state index in [2.05, 4.69) is 5.32 Å². The summed E-state index contributed by atoms with van der Waals surface area (Å²) in [5, 5.41) is 2.06. The zero-order valence-corrected chi connectivity index (χ0v) is 9.17. The van der Waals surface area contributed by atoms with Gasteiger partial charge in [0.1, 0.15) is 5.54 Å². The molecule has 3 N–H and O–H groups in total. The van der Waals surface area contributed by atoms with Crippen LogP contribution in [0.2, 0.25) is 0 Å². The van der Waals surface area contributed by atoms with Gasteiger partial charge in [-0.15, -0.1) is 0 Å². The molecule has 0 radical (unpaired) electrons. The number of nitrogens with one attached hydrogen (secondary N) is 1. The molecule has 3 nitrogen and oxygen atoms in total. The minimum atomic E-state index is -4.39. The largest absolute Gasteiger partial charge is 0.411 e. The van der Waals surface area contributed by atoms with Crippen LogP contribution in [0, 0.1) is 5.41 Å². The van der Waals surface area contributed by atoms with Crippen molar-refractivity contribution in [3.05, 3.63) is 0 Å². The number of hydrogen-bond acceptors (Lipinski definition) is 2. The molecule has 2 aliphatic carbocycles. The van der Waals surface area contributed by atoms with Crippen molar-refractivity contribution in [1.29, 1.82) is 0 Å². The Hall–Kier alpha value is -0.850. The third-order valence-electron chi connectivity index (χ3n) is 3.30. The molecule has 0 unspecified atom stereocenters. The SMILES string of the molecule is NC(=S)C1(C(=O)NC2(C(F)(F)F)CC2)CC1. The molecule has 0 saturated heterocycles. The first-order valence-corrected chi connectivity index (χ1v) is 5.34. The van der Waals surface area contributed by atoms with E-state index in [1.54, 1.807) is 0 Å². The fourth-order valence-electron chi connectivity index (χ4n) is 1.65. The minimum absolute atomic E-state index is 0.0111. The second-order valence-corrected chi connectivity index (χ2v) is 4.92. The van der Waals surface area contributed by atoms with Crippen molar-refractivity contribution < 1.29 is 18.0 Å². The number of carbonyl (C=O) groups is 1. The predicted octanol–water partition coefficient (Wildman–Crippen LogP) is 1.26. The van der Waals surface area contributed by atoms with E-state index >= 15 is 0 Å². The number of amides is 1. The number of nitrogens with two attached hydrogens (primary N) is 1. The number of carbonyl (C=O) groups excluding carboxylic acids is 1. The van der Waals surface area contributed by atoms with Gasteiger partial charge < -0.3 is 11.1 Å². The van der Waals surface area contributed by atoms with Gasteiger partial charge in [-0.3, -0.25) is 4.79 Å². The van der Waals surface area contributed by atoms with Crippen LogP contribution in [0.5, 0.6) is 0 Å². The molecule has 90 valence electrons.